The first-order valence-electron chi connectivity index (χ1n) is 4.73. The van der Waals surface area contributed by atoms with Gasteiger partial charge in [-0.15, -0.1) is 11.8 Å². The zero-order valence-corrected chi connectivity index (χ0v) is 9.93. The van der Waals surface area contributed by atoms with Crippen molar-refractivity contribution >= 4 is 23.4 Å². The maximum absolute atomic E-state index is 13.3. The quantitative estimate of drug-likeness (QED) is 0.762. The minimum absolute atomic E-state index is 0.183. The molecule has 0 bridgehead atoms. The highest BCUT2D eigenvalue weighted by molar-refractivity contribution is 7.98. The topological polar surface area (TPSA) is 12.9 Å². The van der Waals surface area contributed by atoms with E-state index in [2.05, 4.69) is 4.98 Å². The molecule has 1 heterocycles. The molecule has 0 radical (unpaired) electrons. The first-order valence-corrected chi connectivity index (χ1v) is 6.10. The molecule has 2 rings (SSSR count). The van der Waals surface area contributed by atoms with Crippen LogP contribution in [-0.4, -0.2) is 4.98 Å². The van der Waals surface area contributed by atoms with Crippen molar-refractivity contribution in [3.05, 3.63) is 59.0 Å². The Labute approximate surface area is 103 Å². The van der Waals surface area contributed by atoms with Gasteiger partial charge in [0.2, 0.25) is 0 Å². The van der Waals surface area contributed by atoms with Crippen LogP contribution in [0.5, 0.6) is 0 Å². The van der Waals surface area contributed by atoms with E-state index >= 15 is 0 Å². The lowest BCUT2D eigenvalue weighted by Gasteiger charge is -2.02. The Balaban J connectivity index is 2.05. The third-order valence-corrected chi connectivity index (χ3v) is 3.24. The molecule has 1 nitrogen and oxygen atoms in total. The summed E-state index contributed by atoms with van der Waals surface area (Å²) in [5, 5.41) is 1.45. The Hall–Kier alpha value is -1.06. The standard InChI is InChI=1S/C12H9ClFNS/c13-10-5-6-15-12(7-10)16-8-9-3-1-2-4-11(9)14/h1-7H,8H2. The van der Waals surface area contributed by atoms with Gasteiger partial charge in [-0.3, -0.25) is 0 Å². The van der Waals surface area contributed by atoms with Crippen molar-refractivity contribution < 1.29 is 4.39 Å². The number of rotatable bonds is 3. The molecule has 0 atom stereocenters. The van der Waals surface area contributed by atoms with Crippen LogP contribution in [0, 0.1) is 5.82 Å². The summed E-state index contributed by atoms with van der Waals surface area (Å²) in [6.45, 7) is 0. The van der Waals surface area contributed by atoms with Gasteiger partial charge < -0.3 is 0 Å². The van der Waals surface area contributed by atoms with E-state index < -0.39 is 0 Å². The average Bonchev–Trinajstić information content (AvgIpc) is 2.28. The lowest BCUT2D eigenvalue weighted by molar-refractivity contribution is 0.617. The normalized spacial score (nSPS) is 10.4. The molecule has 0 saturated carbocycles. The monoisotopic (exact) mass is 253 g/mol. The van der Waals surface area contributed by atoms with Gasteiger partial charge in [0.05, 0.1) is 5.03 Å². The van der Waals surface area contributed by atoms with Crippen LogP contribution in [0.1, 0.15) is 5.56 Å². The maximum Gasteiger partial charge on any atom is 0.127 e. The van der Waals surface area contributed by atoms with E-state index in [1.165, 1.54) is 17.8 Å². The molecule has 16 heavy (non-hydrogen) atoms. The summed E-state index contributed by atoms with van der Waals surface area (Å²) in [4.78, 5) is 4.14. The Morgan fingerprint density at radius 1 is 1.25 bits per heavy atom. The van der Waals surface area contributed by atoms with Crippen molar-refractivity contribution in [3.63, 3.8) is 0 Å². The van der Waals surface area contributed by atoms with Crippen LogP contribution in [0.15, 0.2) is 47.6 Å². The fraction of sp³-hybridized carbons (Fsp3) is 0.0833. The fourth-order valence-corrected chi connectivity index (χ4v) is 2.34. The number of hydrogen-bond donors (Lipinski definition) is 0. The van der Waals surface area contributed by atoms with Gasteiger partial charge in [-0.05, 0) is 23.8 Å². The predicted octanol–water partition coefficient (Wildman–Crippen LogP) is 4.17. The van der Waals surface area contributed by atoms with Gasteiger partial charge in [0, 0.05) is 17.0 Å². The molecular weight excluding hydrogens is 245 g/mol. The lowest BCUT2D eigenvalue weighted by Crippen LogP contribution is -1.87. The number of pyridine rings is 1. The fourth-order valence-electron chi connectivity index (χ4n) is 1.23. The van der Waals surface area contributed by atoms with Crippen LogP contribution in [0.25, 0.3) is 0 Å². The van der Waals surface area contributed by atoms with Crippen molar-refractivity contribution in [3.8, 4) is 0 Å². The Kier molecular flexibility index (Phi) is 3.80. The van der Waals surface area contributed by atoms with Crippen molar-refractivity contribution in [1.29, 1.82) is 0 Å². The van der Waals surface area contributed by atoms with Crippen molar-refractivity contribution in [2.24, 2.45) is 0 Å². The number of nitrogens with zero attached hydrogens (tertiary/aromatic N) is 1. The van der Waals surface area contributed by atoms with Gasteiger partial charge in [-0.1, -0.05) is 29.8 Å². The molecule has 0 aliphatic carbocycles. The molecule has 0 spiro atoms. The molecule has 82 valence electrons. The second-order valence-corrected chi connectivity index (χ2v) is 4.62. The van der Waals surface area contributed by atoms with E-state index in [0.29, 0.717) is 16.3 Å². The van der Waals surface area contributed by atoms with Crippen molar-refractivity contribution in [2.75, 3.05) is 0 Å². The number of thioether (sulfide) groups is 1. The molecule has 0 aliphatic rings. The first-order chi connectivity index (χ1) is 7.75. The zero-order chi connectivity index (χ0) is 11.4. The molecule has 4 heteroatoms. The van der Waals surface area contributed by atoms with Crippen LogP contribution in [0.3, 0.4) is 0 Å². The summed E-state index contributed by atoms with van der Waals surface area (Å²) in [5.74, 6) is 0.372. The second kappa shape index (κ2) is 5.32. The second-order valence-electron chi connectivity index (χ2n) is 3.19. The number of aromatic nitrogens is 1. The molecule has 1 aromatic heterocycles. The third-order valence-electron chi connectivity index (χ3n) is 2.03. The lowest BCUT2D eigenvalue weighted by atomic mass is 10.2. The minimum Gasteiger partial charge on any atom is -0.250 e. The number of benzene rings is 1. The van der Waals surface area contributed by atoms with Crippen molar-refractivity contribution in [1.82, 2.24) is 4.98 Å². The van der Waals surface area contributed by atoms with Gasteiger partial charge in [0.1, 0.15) is 5.82 Å². The molecular formula is C12H9ClFNS. The molecule has 2 aromatic rings. The SMILES string of the molecule is Fc1ccccc1CSc1cc(Cl)ccn1. The summed E-state index contributed by atoms with van der Waals surface area (Å²) in [5.41, 5.74) is 0.675. The Bertz CT molecular complexity index is 490. The van der Waals surface area contributed by atoms with E-state index in [1.54, 1.807) is 30.5 Å². The molecule has 1 aromatic carbocycles. The number of halogens is 2. The molecule has 0 amide bonds. The Morgan fingerprint density at radius 2 is 2.06 bits per heavy atom. The summed E-state index contributed by atoms with van der Waals surface area (Å²) >= 11 is 7.30. The van der Waals surface area contributed by atoms with Gasteiger partial charge in [0.25, 0.3) is 0 Å². The first kappa shape index (κ1) is 11.4. The minimum atomic E-state index is -0.183. The molecule has 0 N–H and O–H groups in total. The maximum atomic E-state index is 13.3. The van der Waals surface area contributed by atoms with Crippen LogP contribution in [-0.2, 0) is 5.75 Å². The van der Waals surface area contributed by atoms with Gasteiger partial charge >= 0.3 is 0 Å². The van der Waals surface area contributed by atoms with E-state index in [9.17, 15) is 4.39 Å². The third kappa shape index (κ3) is 2.97. The molecule has 0 fully saturated rings. The average molecular weight is 254 g/mol. The summed E-state index contributed by atoms with van der Waals surface area (Å²) in [7, 11) is 0. The van der Waals surface area contributed by atoms with E-state index in [4.69, 9.17) is 11.6 Å². The van der Waals surface area contributed by atoms with Crippen LogP contribution in [0.2, 0.25) is 5.02 Å². The highest BCUT2D eigenvalue weighted by Crippen LogP contribution is 2.23. The molecule has 0 unspecified atom stereocenters. The highest BCUT2D eigenvalue weighted by atomic mass is 35.5. The predicted molar refractivity (Wildman–Crippen MR) is 65.2 cm³/mol. The molecule has 0 saturated heterocycles. The molecule has 0 aliphatic heterocycles. The summed E-state index contributed by atoms with van der Waals surface area (Å²) in [6.07, 6.45) is 1.64. The largest absolute Gasteiger partial charge is 0.250 e. The van der Waals surface area contributed by atoms with Crippen LogP contribution >= 0.6 is 23.4 Å². The van der Waals surface area contributed by atoms with E-state index in [1.807, 2.05) is 6.07 Å². The van der Waals surface area contributed by atoms with Crippen LogP contribution in [0.4, 0.5) is 4.39 Å². The van der Waals surface area contributed by atoms with Gasteiger partial charge in [-0.25, -0.2) is 9.37 Å². The van der Waals surface area contributed by atoms with Gasteiger partial charge in [0.15, 0.2) is 0 Å². The van der Waals surface area contributed by atoms with Crippen LogP contribution < -0.4 is 0 Å². The summed E-state index contributed by atoms with van der Waals surface area (Å²) < 4.78 is 13.3. The smallest absolute Gasteiger partial charge is 0.127 e. The highest BCUT2D eigenvalue weighted by Gasteiger charge is 2.02. The summed E-state index contributed by atoms with van der Waals surface area (Å²) in [6, 6.07) is 10.2. The Morgan fingerprint density at radius 3 is 2.81 bits per heavy atom. The van der Waals surface area contributed by atoms with E-state index in [-0.39, 0.29) is 5.82 Å². The van der Waals surface area contributed by atoms with Crippen molar-refractivity contribution in [2.45, 2.75) is 10.8 Å². The van der Waals surface area contributed by atoms with E-state index in [0.717, 1.165) is 5.03 Å². The number of hydrogen-bond acceptors (Lipinski definition) is 2. The van der Waals surface area contributed by atoms with Gasteiger partial charge in [-0.2, -0.15) is 0 Å². The zero-order valence-electron chi connectivity index (χ0n) is 8.36.